The van der Waals surface area contributed by atoms with Crippen LogP contribution >= 0.6 is 0 Å². The minimum absolute atomic E-state index is 0.270. The number of carboxylic acid groups (broad SMARTS) is 1. The Hall–Kier alpha value is -2.89. The molecule has 0 saturated carbocycles. The molecule has 0 spiro atoms. The minimum Gasteiger partial charge on any atom is -0.497 e. The third-order valence-electron chi connectivity index (χ3n) is 4.21. The van der Waals surface area contributed by atoms with E-state index in [9.17, 15) is 14.0 Å². The second kappa shape index (κ2) is 8.99. The number of carbonyl (C=O) groups is 2. The van der Waals surface area contributed by atoms with E-state index in [-0.39, 0.29) is 12.3 Å². The first-order valence-electron chi connectivity index (χ1n) is 8.36. The van der Waals surface area contributed by atoms with E-state index >= 15 is 0 Å². The highest BCUT2D eigenvalue weighted by molar-refractivity contribution is 5.84. The molecule has 2 N–H and O–H groups in total. The molecule has 2 unspecified atom stereocenters. The van der Waals surface area contributed by atoms with Gasteiger partial charge in [0.25, 0.3) is 0 Å². The summed E-state index contributed by atoms with van der Waals surface area (Å²) >= 11 is 0. The summed E-state index contributed by atoms with van der Waals surface area (Å²) in [6.45, 7) is 1.89. The van der Waals surface area contributed by atoms with Gasteiger partial charge < -0.3 is 15.2 Å². The van der Waals surface area contributed by atoms with E-state index in [1.165, 1.54) is 24.3 Å². The average molecular weight is 359 g/mol. The number of carbonyl (C=O) groups excluding carboxylic acids is 1. The number of methoxy groups -OCH3 is 1. The van der Waals surface area contributed by atoms with Crippen molar-refractivity contribution in [1.29, 1.82) is 0 Å². The molecule has 138 valence electrons. The third kappa shape index (κ3) is 5.05. The van der Waals surface area contributed by atoms with Crippen molar-refractivity contribution in [2.45, 2.75) is 31.7 Å². The highest BCUT2D eigenvalue weighted by atomic mass is 19.1. The molecule has 0 aliphatic carbocycles. The summed E-state index contributed by atoms with van der Waals surface area (Å²) in [5.74, 6) is -1.46. The fourth-order valence-electron chi connectivity index (χ4n) is 2.80. The van der Waals surface area contributed by atoms with Crippen molar-refractivity contribution in [3.8, 4) is 5.75 Å². The van der Waals surface area contributed by atoms with Crippen molar-refractivity contribution in [3.05, 3.63) is 65.5 Å². The van der Waals surface area contributed by atoms with Crippen LogP contribution in [0.5, 0.6) is 5.75 Å². The molecule has 5 nitrogen and oxygen atoms in total. The largest absolute Gasteiger partial charge is 0.497 e. The molecule has 0 aliphatic heterocycles. The Morgan fingerprint density at radius 1 is 1.08 bits per heavy atom. The molecule has 0 bridgehead atoms. The van der Waals surface area contributed by atoms with Crippen molar-refractivity contribution >= 4 is 11.9 Å². The molecule has 2 aromatic carbocycles. The molecule has 2 atom stereocenters. The number of rotatable bonds is 8. The molecule has 26 heavy (non-hydrogen) atoms. The normalized spacial score (nSPS) is 12.9. The van der Waals surface area contributed by atoms with Crippen LogP contribution in [0.25, 0.3) is 0 Å². The number of aliphatic carboxylic acids is 1. The Morgan fingerprint density at radius 3 is 2.15 bits per heavy atom. The number of nitrogens with one attached hydrogen (secondary N) is 1. The van der Waals surface area contributed by atoms with Gasteiger partial charge in [-0.2, -0.15) is 0 Å². The number of benzene rings is 2. The highest BCUT2D eigenvalue weighted by Crippen LogP contribution is 2.25. The van der Waals surface area contributed by atoms with Gasteiger partial charge in [-0.25, -0.2) is 4.39 Å². The molecule has 0 saturated heterocycles. The number of halogens is 1. The molecule has 6 heteroatoms. The second-order valence-corrected chi connectivity index (χ2v) is 5.94. The van der Waals surface area contributed by atoms with Crippen LogP contribution in [0.1, 0.15) is 42.9 Å². The standard InChI is InChI=1S/C20H22FNO4/c1-3-17(13-6-10-16(26-2)11-7-13)20(25)22-18(12-19(23)24)14-4-8-15(21)9-5-14/h4-11,17-18H,3,12H2,1-2H3,(H,22,25)(H,23,24). The summed E-state index contributed by atoms with van der Waals surface area (Å²) in [6, 6.07) is 11.9. The topological polar surface area (TPSA) is 75.6 Å². The van der Waals surface area contributed by atoms with Crippen LogP contribution in [0, 0.1) is 5.82 Å². The first-order chi connectivity index (χ1) is 12.4. The summed E-state index contributed by atoms with van der Waals surface area (Å²) in [7, 11) is 1.57. The number of carboxylic acids is 1. The monoisotopic (exact) mass is 359 g/mol. The lowest BCUT2D eigenvalue weighted by Crippen LogP contribution is -2.34. The Morgan fingerprint density at radius 2 is 1.65 bits per heavy atom. The minimum atomic E-state index is -1.04. The van der Waals surface area contributed by atoms with E-state index in [0.29, 0.717) is 17.7 Å². The zero-order valence-corrected chi connectivity index (χ0v) is 14.7. The zero-order valence-electron chi connectivity index (χ0n) is 14.7. The lowest BCUT2D eigenvalue weighted by atomic mass is 9.94. The van der Waals surface area contributed by atoms with Gasteiger partial charge in [0.2, 0.25) is 5.91 Å². The second-order valence-electron chi connectivity index (χ2n) is 5.94. The van der Waals surface area contributed by atoms with Crippen molar-refractivity contribution in [2.24, 2.45) is 0 Å². The van der Waals surface area contributed by atoms with Crippen LogP contribution in [0.2, 0.25) is 0 Å². The predicted octanol–water partition coefficient (Wildman–Crippen LogP) is 3.66. The van der Waals surface area contributed by atoms with E-state index in [1.807, 2.05) is 19.1 Å². The molecule has 0 fully saturated rings. The van der Waals surface area contributed by atoms with E-state index in [2.05, 4.69) is 5.32 Å². The van der Waals surface area contributed by atoms with Gasteiger partial charge in [-0.3, -0.25) is 9.59 Å². The number of ether oxygens (including phenoxy) is 1. The van der Waals surface area contributed by atoms with E-state index < -0.39 is 23.7 Å². The van der Waals surface area contributed by atoms with Gasteiger partial charge in [-0.1, -0.05) is 31.2 Å². The first-order valence-corrected chi connectivity index (χ1v) is 8.36. The Kier molecular flexibility index (Phi) is 6.72. The Balaban J connectivity index is 2.20. The molecule has 2 aromatic rings. The van der Waals surface area contributed by atoms with Gasteiger partial charge in [0.05, 0.1) is 25.5 Å². The maximum atomic E-state index is 13.1. The van der Waals surface area contributed by atoms with Gasteiger partial charge >= 0.3 is 5.97 Å². The van der Waals surface area contributed by atoms with Crippen LogP contribution in [0.3, 0.4) is 0 Å². The Bertz CT molecular complexity index is 743. The van der Waals surface area contributed by atoms with E-state index in [0.717, 1.165) is 5.56 Å². The Labute approximate surface area is 151 Å². The van der Waals surface area contributed by atoms with E-state index in [4.69, 9.17) is 9.84 Å². The lowest BCUT2D eigenvalue weighted by molar-refractivity contribution is -0.137. The maximum absolute atomic E-state index is 13.1. The molecular formula is C20H22FNO4. The van der Waals surface area contributed by atoms with Crippen LogP contribution in [0.4, 0.5) is 4.39 Å². The SMILES string of the molecule is CCC(C(=O)NC(CC(=O)O)c1ccc(F)cc1)c1ccc(OC)cc1. The summed E-state index contributed by atoms with van der Waals surface area (Å²) < 4.78 is 18.2. The average Bonchev–Trinajstić information content (AvgIpc) is 2.62. The predicted molar refractivity (Wildman–Crippen MR) is 95.6 cm³/mol. The third-order valence-corrected chi connectivity index (χ3v) is 4.21. The molecule has 2 rings (SSSR count). The number of hydrogen-bond acceptors (Lipinski definition) is 3. The van der Waals surface area contributed by atoms with Crippen LogP contribution in [-0.2, 0) is 9.59 Å². The van der Waals surface area contributed by atoms with E-state index in [1.54, 1.807) is 19.2 Å². The summed E-state index contributed by atoms with van der Waals surface area (Å²) in [4.78, 5) is 23.9. The molecule has 0 radical (unpaired) electrons. The van der Waals surface area contributed by atoms with Gasteiger partial charge in [0, 0.05) is 0 Å². The summed E-state index contributed by atoms with van der Waals surface area (Å²) in [5.41, 5.74) is 1.37. The van der Waals surface area contributed by atoms with Crippen molar-refractivity contribution in [2.75, 3.05) is 7.11 Å². The first kappa shape index (κ1) is 19.4. The molecular weight excluding hydrogens is 337 g/mol. The zero-order chi connectivity index (χ0) is 19.1. The number of amides is 1. The number of hydrogen-bond donors (Lipinski definition) is 2. The molecule has 0 aliphatic rings. The highest BCUT2D eigenvalue weighted by Gasteiger charge is 2.24. The quantitative estimate of drug-likeness (QED) is 0.754. The fourth-order valence-corrected chi connectivity index (χ4v) is 2.80. The van der Waals surface area contributed by atoms with Gasteiger partial charge in [-0.15, -0.1) is 0 Å². The molecule has 0 heterocycles. The maximum Gasteiger partial charge on any atom is 0.305 e. The van der Waals surface area contributed by atoms with Gasteiger partial charge in [0.1, 0.15) is 11.6 Å². The van der Waals surface area contributed by atoms with Crippen molar-refractivity contribution in [3.63, 3.8) is 0 Å². The molecule has 0 aromatic heterocycles. The van der Waals surface area contributed by atoms with Crippen LogP contribution < -0.4 is 10.1 Å². The summed E-state index contributed by atoms with van der Waals surface area (Å²) in [6.07, 6.45) is 0.276. The van der Waals surface area contributed by atoms with Crippen molar-refractivity contribution in [1.82, 2.24) is 5.32 Å². The van der Waals surface area contributed by atoms with Crippen LogP contribution in [-0.4, -0.2) is 24.1 Å². The van der Waals surface area contributed by atoms with Crippen LogP contribution in [0.15, 0.2) is 48.5 Å². The van der Waals surface area contributed by atoms with Crippen molar-refractivity contribution < 1.29 is 23.8 Å². The van der Waals surface area contributed by atoms with Gasteiger partial charge in [0.15, 0.2) is 0 Å². The smallest absolute Gasteiger partial charge is 0.305 e. The summed E-state index contributed by atoms with van der Waals surface area (Å²) in [5, 5.41) is 11.9. The molecule has 1 amide bonds. The van der Waals surface area contributed by atoms with Gasteiger partial charge in [-0.05, 0) is 41.8 Å². The fraction of sp³-hybridized carbons (Fsp3) is 0.300. The lowest BCUT2D eigenvalue weighted by Gasteiger charge is -2.22.